The molecule has 0 saturated carbocycles. The number of nitrogens with one attached hydrogen (secondary N) is 2. The highest BCUT2D eigenvalue weighted by atomic mass is 15.0. The number of allylic oxidation sites excluding steroid dienone is 1. The predicted molar refractivity (Wildman–Crippen MR) is 116 cm³/mol. The third-order valence-corrected chi connectivity index (χ3v) is 4.33. The van der Waals surface area contributed by atoms with E-state index in [2.05, 4.69) is 89.6 Å². The predicted octanol–water partition coefficient (Wildman–Crippen LogP) is 6.73. The Morgan fingerprint density at radius 2 is 1.73 bits per heavy atom. The van der Waals surface area contributed by atoms with Crippen molar-refractivity contribution >= 4 is 22.7 Å². The highest BCUT2D eigenvalue weighted by Crippen LogP contribution is 2.34. The highest BCUT2D eigenvalue weighted by Gasteiger charge is 2.17. The first-order valence-corrected chi connectivity index (χ1v) is 9.19. The van der Waals surface area contributed by atoms with Crippen LogP contribution >= 0.6 is 0 Å². The van der Waals surface area contributed by atoms with Crippen LogP contribution in [0.5, 0.6) is 0 Å². The van der Waals surface area contributed by atoms with Crippen LogP contribution < -0.4 is 5.32 Å². The molecule has 0 unspecified atom stereocenters. The highest BCUT2D eigenvalue weighted by molar-refractivity contribution is 5.99. The van der Waals surface area contributed by atoms with Gasteiger partial charge in [-0.15, -0.1) is 0 Å². The molecule has 0 atom stereocenters. The number of nitrogens with zero attached hydrogens (tertiary/aromatic N) is 1. The summed E-state index contributed by atoms with van der Waals surface area (Å²) in [6.07, 6.45) is 1.99. The van der Waals surface area contributed by atoms with E-state index in [1.165, 1.54) is 5.56 Å². The van der Waals surface area contributed by atoms with Crippen molar-refractivity contribution in [1.82, 2.24) is 4.98 Å². The summed E-state index contributed by atoms with van der Waals surface area (Å²) >= 11 is 0. The quantitative estimate of drug-likeness (QED) is 0.589. The molecule has 0 amide bonds. The standard InChI is InChI=1S/C23H33N3/c1-15-12-18(16(2)22(4,5)6)10-11-20(15)25-17(3)21-13-19(14-24-21)26-23(7,8)9/h10-14,24,26H,2H2,1,3-9H3/b25-17+. The number of aliphatic imine (C=N–C) groups is 1. The second-order valence-corrected chi connectivity index (χ2v) is 9.10. The number of aromatic amines is 1. The maximum atomic E-state index is 4.83. The monoisotopic (exact) mass is 351 g/mol. The van der Waals surface area contributed by atoms with Crippen LogP contribution in [0.15, 0.2) is 42.0 Å². The van der Waals surface area contributed by atoms with Gasteiger partial charge < -0.3 is 10.3 Å². The normalized spacial score (nSPS) is 13.0. The van der Waals surface area contributed by atoms with Gasteiger partial charge in [0.15, 0.2) is 0 Å². The average molecular weight is 352 g/mol. The van der Waals surface area contributed by atoms with Gasteiger partial charge in [-0.25, -0.2) is 0 Å². The summed E-state index contributed by atoms with van der Waals surface area (Å²) in [5.41, 5.74) is 7.66. The number of benzene rings is 1. The van der Waals surface area contributed by atoms with Gasteiger partial charge in [0.05, 0.1) is 22.8 Å². The average Bonchev–Trinajstić information content (AvgIpc) is 2.94. The third kappa shape index (κ3) is 5.10. The molecular weight excluding hydrogens is 318 g/mol. The van der Waals surface area contributed by atoms with Crippen LogP contribution in [0.2, 0.25) is 0 Å². The van der Waals surface area contributed by atoms with Crippen LogP contribution in [-0.4, -0.2) is 16.2 Å². The summed E-state index contributed by atoms with van der Waals surface area (Å²) in [4.78, 5) is 8.14. The minimum Gasteiger partial charge on any atom is -0.379 e. The van der Waals surface area contributed by atoms with Gasteiger partial charge in [-0.05, 0) is 74.9 Å². The molecule has 0 aliphatic rings. The maximum absolute atomic E-state index is 4.83. The fourth-order valence-corrected chi connectivity index (χ4v) is 2.75. The van der Waals surface area contributed by atoms with Crippen molar-refractivity contribution in [2.75, 3.05) is 5.32 Å². The van der Waals surface area contributed by atoms with E-state index in [0.717, 1.165) is 33.9 Å². The zero-order valence-electron chi connectivity index (χ0n) is 17.5. The third-order valence-electron chi connectivity index (χ3n) is 4.33. The van der Waals surface area contributed by atoms with Crippen molar-refractivity contribution < 1.29 is 0 Å². The molecule has 0 aliphatic carbocycles. The van der Waals surface area contributed by atoms with Crippen molar-refractivity contribution in [3.63, 3.8) is 0 Å². The Labute approximate surface area is 158 Å². The minimum atomic E-state index is 0.0341. The van der Waals surface area contributed by atoms with Crippen LogP contribution in [0.25, 0.3) is 5.57 Å². The van der Waals surface area contributed by atoms with Crippen LogP contribution in [0.3, 0.4) is 0 Å². The first-order valence-electron chi connectivity index (χ1n) is 9.19. The minimum absolute atomic E-state index is 0.0341. The smallest absolute Gasteiger partial charge is 0.0663 e. The Bertz CT molecular complexity index is 824. The Morgan fingerprint density at radius 1 is 1.08 bits per heavy atom. The van der Waals surface area contributed by atoms with Gasteiger partial charge >= 0.3 is 0 Å². The van der Waals surface area contributed by atoms with E-state index in [1.807, 2.05) is 13.1 Å². The topological polar surface area (TPSA) is 40.2 Å². The molecule has 0 spiro atoms. The zero-order valence-corrected chi connectivity index (χ0v) is 17.5. The fourth-order valence-electron chi connectivity index (χ4n) is 2.75. The van der Waals surface area contributed by atoms with E-state index in [1.54, 1.807) is 0 Å². The Morgan fingerprint density at radius 3 is 2.27 bits per heavy atom. The first-order chi connectivity index (χ1) is 11.9. The fraction of sp³-hybridized carbons (Fsp3) is 0.435. The second kappa shape index (κ2) is 7.14. The number of rotatable bonds is 4. The molecule has 26 heavy (non-hydrogen) atoms. The summed E-state index contributed by atoms with van der Waals surface area (Å²) in [5, 5.41) is 3.47. The lowest BCUT2D eigenvalue weighted by Crippen LogP contribution is -2.25. The van der Waals surface area contributed by atoms with Crippen molar-refractivity contribution in [2.45, 2.75) is 60.9 Å². The summed E-state index contributed by atoms with van der Waals surface area (Å²) in [5.74, 6) is 0. The van der Waals surface area contributed by atoms with E-state index in [9.17, 15) is 0 Å². The molecular formula is C23H33N3. The molecule has 0 bridgehead atoms. The van der Waals surface area contributed by atoms with E-state index in [0.29, 0.717) is 0 Å². The van der Waals surface area contributed by atoms with Crippen molar-refractivity contribution in [2.24, 2.45) is 10.4 Å². The summed E-state index contributed by atoms with van der Waals surface area (Å²) < 4.78 is 0. The molecule has 2 aromatic rings. The van der Waals surface area contributed by atoms with Crippen LogP contribution in [0, 0.1) is 12.3 Å². The van der Waals surface area contributed by atoms with Gasteiger partial charge in [0.1, 0.15) is 0 Å². The largest absolute Gasteiger partial charge is 0.379 e. The van der Waals surface area contributed by atoms with E-state index >= 15 is 0 Å². The van der Waals surface area contributed by atoms with Crippen molar-refractivity contribution in [1.29, 1.82) is 0 Å². The maximum Gasteiger partial charge on any atom is 0.0663 e. The van der Waals surface area contributed by atoms with E-state index in [-0.39, 0.29) is 11.0 Å². The van der Waals surface area contributed by atoms with E-state index in [4.69, 9.17) is 4.99 Å². The zero-order chi connectivity index (χ0) is 19.7. The van der Waals surface area contributed by atoms with Crippen LogP contribution in [-0.2, 0) is 0 Å². The summed E-state index contributed by atoms with van der Waals surface area (Å²) in [7, 11) is 0. The summed E-state index contributed by atoms with van der Waals surface area (Å²) in [6.45, 7) is 21.4. The first kappa shape index (κ1) is 20.0. The number of hydrogen-bond donors (Lipinski definition) is 2. The van der Waals surface area contributed by atoms with Gasteiger partial charge in [-0.2, -0.15) is 0 Å². The molecule has 3 heteroatoms. The van der Waals surface area contributed by atoms with Gasteiger partial charge in [-0.3, -0.25) is 4.99 Å². The molecule has 0 radical (unpaired) electrons. The number of hydrogen-bond acceptors (Lipinski definition) is 2. The molecule has 2 rings (SSSR count). The Kier molecular flexibility index (Phi) is 5.50. The molecule has 1 aromatic carbocycles. The van der Waals surface area contributed by atoms with Crippen LogP contribution in [0.1, 0.15) is 65.3 Å². The molecule has 1 heterocycles. The summed E-state index contributed by atoms with van der Waals surface area (Å²) in [6, 6.07) is 8.49. The van der Waals surface area contributed by atoms with Crippen molar-refractivity contribution in [3.8, 4) is 0 Å². The number of anilines is 1. The second-order valence-electron chi connectivity index (χ2n) is 9.10. The van der Waals surface area contributed by atoms with E-state index < -0.39 is 0 Å². The molecule has 140 valence electrons. The van der Waals surface area contributed by atoms with Gasteiger partial charge in [-0.1, -0.05) is 33.4 Å². The number of H-pyrrole nitrogens is 1. The molecule has 3 nitrogen and oxygen atoms in total. The lowest BCUT2D eigenvalue weighted by atomic mass is 9.83. The molecule has 2 N–H and O–H groups in total. The van der Waals surface area contributed by atoms with Gasteiger partial charge in [0, 0.05) is 11.7 Å². The number of aromatic nitrogens is 1. The van der Waals surface area contributed by atoms with Crippen LogP contribution in [0.4, 0.5) is 11.4 Å². The van der Waals surface area contributed by atoms with Gasteiger partial charge in [0.2, 0.25) is 0 Å². The number of aryl methyl sites for hydroxylation is 1. The molecule has 1 aromatic heterocycles. The van der Waals surface area contributed by atoms with Crippen molar-refractivity contribution in [3.05, 3.63) is 53.9 Å². The molecule has 0 saturated heterocycles. The van der Waals surface area contributed by atoms with Gasteiger partial charge in [0.25, 0.3) is 0 Å². The Balaban J connectivity index is 2.25. The lowest BCUT2D eigenvalue weighted by molar-refractivity contribution is 0.568. The lowest BCUT2D eigenvalue weighted by Gasteiger charge is -2.22. The molecule has 0 fully saturated rings. The SMILES string of the molecule is C=C(c1ccc(/N=C(\C)c2cc(NC(C)(C)C)c[nH]2)c(C)c1)C(C)(C)C. The molecule has 0 aliphatic heterocycles. The Hall–Kier alpha value is -2.29.